The van der Waals surface area contributed by atoms with E-state index in [1.54, 1.807) is 12.4 Å². The third-order valence-corrected chi connectivity index (χ3v) is 4.25. The molecule has 3 rings (SSSR count). The SMILES string of the molecule is Cc1ccc(N2CC(C)N(C(=O)c3ncc[nH]3)C(C)C2)cc1. The average molecular weight is 298 g/mol. The third kappa shape index (κ3) is 2.71. The van der Waals surface area contributed by atoms with Crippen molar-refractivity contribution in [2.45, 2.75) is 32.9 Å². The number of amides is 1. The van der Waals surface area contributed by atoms with E-state index in [-0.39, 0.29) is 18.0 Å². The summed E-state index contributed by atoms with van der Waals surface area (Å²) in [6.45, 7) is 7.95. The normalized spacial score (nSPS) is 22.0. The van der Waals surface area contributed by atoms with E-state index < -0.39 is 0 Å². The molecule has 0 saturated carbocycles. The Labute approximate surface area is 131 Å². The summed E-state index contributed by atoms with van der Waals surface area (Å²) >= 11 is 0. The minimum Gasteiger partial charge on any atom is -0.367 e. The average Bonchev–Trinajstić information content (AvgIpc) is 3.01. The molecule has 0 radical (unpaired) electrons. The maximum absolute atomic E-state index is 12.6. The van der Waals surface area contributed by atoms with Crippen LogP contribution in [0.5, 0.6) is 0 Å². The maximum Gasteiger partial charge on any atom is 0.290 e. The van der Waals surface area contributed by atoms with Crippen molar-refractivity contribution in [2.75, 3.05) is 18.0 Å². The quantitative estimate of drug-likeness (QED) is 0.926. The number of anilines is 1. The predicted molar refractivity (Wildman–Crippen MR) is 87.1 cm³/mol. The molecule has 2 heterocycles. The van der Waals surface area contributed by atoms with Crippen LogP contribution in [-0.2, 0) is 0 Å². The minimum absolute atomic E-state index is 0.0199. The fourth-order valence-electron chi connectivity index (χ4n) is 3.19. The van der Waals surface area contributed by atoms with Gasteiger partial charge in [0.25, 0.3) is 5.91 Å². The van der Waals surface area contributed by atoms with Gasteiger partial charge in [0.15, 0.2) is 5.82 Å². The zero-order valence-electron chi connectivity index (χ0n) is 13.3. The molecule has 0 aliphatic carbocycles. The first-order chi connectivity index (χ1) is 10.6. The van der Waals surface area contributed by atoms with Gasteiger partial charge in [-0.1, -0.05) is 17.7 Å². The van der Waals surface area contributed by atoms with Gasteiger partial charge < -0.3 is 14.8 Å². The third-order valence-electron chi connectivity index (χ3n) is 4.25. The van der Waals surface area contributed by atoms with Gasteiger partial charge in [0.2, 0.25) is 0 Å². The van der Waals surface area contributed by atoms with Gasteiger partial charge in [-0.25, -0.2) is 4.98 Å². The Bertz CT molecular complexity index is 623. The second-order valence-corrected chi connectivity index (χ2v) is 6.09. The maximum atomic E-state index is 12.6. The number of H-pyrrole nitrogens is 1. The number of aromatic amines is 1. The number of nitrogens with one attached hydrogen (secondary N) is 1. The molecule has 2 aromatic rings. The molecule has 0 bridgehead atoms. The van der Waals surface area contributed by atoms with E-state index in [1.807, 2.05) is 4.90 Å². The molecule has 1 aliphatic heterocycles. The number of benzene rings is 1. The Morgan fingerprint density at radius 3 is 2.36 bits per heavy atom. The molecule has 5 heteroatoms. The molecule has 1 N–H and O–H groups in total. The number of aromatic nitrogens is 2. The first-order valence-electron chi connectivity index (χ1n) is 7.70. The number of carbonyl (C=O) groups excluding carboxylic acids is 1. The molecule has 5 nitrogen and oxygen atoms in total. The van der Waals surface area contributed by atoms with Crippen LogP contribution in [-0.4, -0.2) is 45.9 Å². The van der Waals surface area contributed by atoms with Crippen molar-refractivity contribution in [3.63, 3.8) is 0 Å². The van der Waals surface area contributed by atoms with E-state index in [2.05, 4.69) is 59.9 Å². The zero-order chi connectivity index (χ0) is 15.7. The Balaban J connectivity index is 1.77. The highest BCUT2D eigenvalue weighted by atomic mass is 16.2. The molecule has 1 fully saturated rings. The fourth-order valence-corrected chi connectivity index (χ4v) is 3.19. The summed E-state index contributed by atoms with van der Waals surface area (Å²) in [4.78, 5) is 23.9. The Morgan fingerprint density at radius 1 is 1.18 bits per heavy atom. The molecule has 0 spiro atoms. The van der Waals surface area contributed by atoms with Gasteiger partial charge in [-0.05, 0) is 32.9 Å². The largest absolute Gasteiger partial charge is 0.367 e. The van der Waals surface area contributed by atoms with Crippen LogP contribution in [0.1, 0.15) is 30.0 Å². The Hall–Kier alpha value is -2.30. The molecular weight excluding hydrogens is 276 g/mol. The van der Waals surface area contributed by atoms with Crippen LogP contribution in [0.4, 0.5) is 5.69 Å². The standard InChI is InChI=1S/C17H22N4O/c1-12-4-6-15(7-5-12)20-10-13(2)21(14(3)11-20)17(22)16-18-8-9-19-16/h4-9,13-14H,10-11H2,1-3H3,(H,18,19). The van der Waals surface area contributed by atoms with Crippen molar-refractivity contribution in [3.8, 4) is 0 Å². The molecule has 2 atom stereocenters. The highest BCUT2D eigenvalue weighted by Crippen LogP contribution is 2.23. The summed E-state index contributed by atoms with van der Waals surface area (Å²) in [6, 6.07) is 8.85. The topological polar surface area (TPSA) is 52.2 Å². The highest BCUT2D eigenvalue weighted by Gasteiger charge is 2.34. The first-order valence-corrected chi connectivity index (χ1v) is 7.70. The second kappa shape index (κ2) is 5.83. The van der Waals surface area contributed by atoms with Gasteiger partial charge in [-0.3, -0.25) is 4.79 Å². The van der Waals surface area contributed by atoms with Gasteiger partial charge in [0.1, 0.15) is 0 Å². The van der Waals surface area contributed by atoms with E-state index in [0.717, 1.165) is 13.1 Å². The van der Waals surface area contributed by atoms with Crippen LogP contribution < -0.4 is 4.90 Å². The summed E-state index contributed by atoms with van der Waals surface area (Å²) in [6.07, 6.45) is 3.30. The molecule has 2 unspecified atom stereocenters. The summed E-state index contributed by atoms with van der Waals surface area (Å²) < 4.78 is 0. The lowest BCUT2D eigenvalue weighted by molar-refractivity contribution is 0.0563. The van der Waals surface area contributed by atoms with Crippen LogP contribution in [0.15, 0.2) is 36.7 Å². The Morgan fingerprint density at radius 2 is 1.82 bits per heavy atom. The lowest BCUT2D eigenvalue weighted by atomic mass is 10.1. The van der Waals surface area contributed by atoms with Crippen molar-refractivity contribution in [1.29, 1.82) is 0 Å². The summed E-state index contributed by atoms with van der Waals surface area (Å²) in [5, 5.41) is 0. The van der Waals surface area contributed by atoms with Crippen LogP contribution in [0, 0.1) is 6.92 Å². The number of hydrogen-bond acceptors (Lipinski definition) is 3. The van der Waals surface area contributed by atoms with E-state index in [4.69, 9.17) is 0 Å². The number of carbonyl (C=O) groups is 1. The van der Waals surface area contributed by atoms with Gasteiger partial charge in [0.05, 0.1) is 0 Å². The van der Waals surface area contributed by atoms with Gasteiger partial charge >= 0.3 is 0 Å². The molecule has 22 heavy (non-hydrogen) atoms. The number of aryl methyl sites for hydroxylation is 1. The van der Waals surface area contributed by atoms with Crippen molar-refractivity contribution < 1.29 is 4.79 Å². The highest BCUT2D eigenvalue weighted by molar-refractivity contribution is 5.91. The van der Waals surface area contributed by atoms with E-state index in [1.165, 1.54) is 11.3 Å². The summed E-state index contributed by atoms with van der Waals surface area (Å²) in [5.41, 5.74) is 2.48. The van der Waals surface area contributed by atoms with Crippen LogP contribution >= 0.6 is 0 Å². The number of imidazole rings is 1. The monoisotopic (exact) mass is 298 g/mol. The number of piperazine rings is 1. The van der Waals surface area contributed by atoms with Crippen LogP contribution in [0.3, 0.4) is 0 Å². The minimum atomic E-state index is -0.0199. The molecule has 1 amide bonds. The first kappa shape index (κ1) is 14.6. The smallest absolute Gasteiger partial charge is 0.290 e. The molecule has 1 aliphatic rings. The van der Waals surface area contributed by atoms with Crippen molar-refractivity contribution in [3.05, 3.63) is 48.0 Å². The van der Waals surface area contributed by atoms with E-state index >= 15 is 0 Å². The molecule has 116 valence electrons. The van der Waals surface area contributed by atoms with Gasteiger partial charge in [-0.2, -0.15) is 0 Å². The zero-order valence-corrected chi connectivity index (χ0v) is 13.3. The summed E-state index contributed by atoms with van der Waals surface area (Å²) in [7, 11) is 0. The van der Waals surface area contributed by atoms with E-state index in [9.17, 15) is 4.79 Å². The van der Waals surface area contributed by atoms with Gasteiger partial charge in [0, 0.05) is 43.3 Å². The number of hydrogen-bond donors (Lipinski definition) is 1. The molecule has 1 aromatic heterocycles. The van der Waals surface area contributed by atoms with Crippen LogP contribution in [0.2, 0.25) is 0 Å². The Kier molecular flexibility index (Phi) is 3.88. The van der Waals surface area contributed by atoms with Crippen molar-refractivity contribution >= 4 is 11.6 Å². The van der Waals surface area contributed by atoms with Crippen LogP contribution in [0.25, 0.3) is 0 Å². The number of nitrogens with zero attached hydrogens (tertiary/aromatic N) is 3. The summed E-state index contributed by atoms with van der Waals surface area (Å²) in [5.74, 6) is 0.399. The van der Waals surface area contributed by atoms with Gasteiger partial charge in [-0.15, -0.1) is 0 Å². The van der Waals surface area contributed by atoms with E-state index in [0.29, 0.717) is 5.82 Å². The predicted octanol–water partition coefficient (Wildman–Crippen LogP) is 2.46. The molecular formula is C17H22N4O. The fraction of sp³-hybridized carbons (Fsp3) is 0.412. The van der Waals surface area contributed by atoms with Crippen molar-refractivity contribution in [2.24, 2.45) is 0 Å². The second-order valence-electron chi connectivity index (χ2n) is 6.09. The lowest BCUT2D eigenvalue weighted by Crippen LogP contribution is -2.59. The van der Waals surface area contributed by atoms with Crippen molar-refractivity contribution in [1.82, 2.24) is 14.9 Å². The lowest BCUT2D eigenvalue weighted by Gasteiger charge is -2.45. The number of rotatable bonds is 2. The molecule has 1 aromatic carbocycles. The molecule has 1 saturated heterocycles.